The van der Waals surface area contributed by atoms with E-state index >= 15 is 0 Å². The van der Waals surface area contributed by atoms with Gasteiger partial charge in [0, 0.05) is 5.56 Å². The van der Waals surface area contributed by atoms with E-state index in [1.165, 1.54) is 0 Å². The molecule has 1 aromatic heterocycles. The van der Waals surface area contributed by atoms with Crippen LogP contribution >= 0.6 is 0 Å². The number of carbonyl (C=O) groups excluding carboxylic acids is 1. The van der Waals surface area contributed by atoms with Gasteiger partial charge in [0.2, 0.25) is 11.2 Å². The number of aryl methyl sites for hydroxylation is 1. The summed E-state index contributed by atoms with van der Waals surface area (Å²) in [6.45, 7) is 1.22. The molecule has 0 saturated heterocycles. The van der Waals surface area contributed by atoms with Gasteiger partial charge in [-0.2, -0.15) is 0 Å². The molecule has 0 saturated carbocycles. The highest BCUT2D eigenvalue weighted by atomic mass is 16.5. The Morgan fingerprint density at radius 1 is 1.13 bits per heavy atom. The van der Waals surface area contributed by atoms with Crippen LogP contribution in [-0.2, 0) is 4.79 Å². The molecular weight excluding hydrogens is 296 g/mol. The molecule has 2 aromatic carbocycles. The number of aliphatic carboxylic acids is 1. The van der Waals surface area contributed by atoms with Crippen molar-refractivity contribution in [3.05, 3.63) is 64.3 Å². The van der Waals surface area contributed by atoms with Crippen LogP contribution in [0.25, 0.3) is 22.3 Å². The van der Waals surface area contributed by atoms with E-state index in [-0.39, 0.29) is 11.5 Å². The van der Waals surface area contributed by atoms with Crippen LogP contribution in [0.4, 0.5) is 0 Å². The molecule has 0 atom stereocenters. The van der Waals surface area contributed by atoms with Gasteiger partial charge < -0.3 is 19.1 Å². The smallest absolute Gasteiger partial charge is 0.235 e. The third kappa shape index (κ3) is 2.94. The van der Waals surface area contributed by atoms with Gasteiger partial charge in [0.25, 0.3) is 0 Å². The molecule has 116 valence electrons. The fraction of sp³-hybridized carbons (Fsp3) is 0.111. The first-order valence-corrected chi connectivity index (χ1v) is 7.02. The Labute approximate surface area is 131 Å². The van der Waals surface area contributed by atoms with Crippen molar-refractivity contribution in [3.8, 4) is 17.1 Å². The van der Waals surface area contributed by atoms with Crippen LogP contribution in [0.2, 0.25) is 0 Å². The fourth-order valence-electron chi connectivity index (χ4n) is 2.28. The minimum Gasteiger partial charge on any atom is -0.546 e. The maximum atomic E-state index is 12.6. The molecule has 0 aliphatic heterocycles. The minimum atomic E-state index is -1.41. The average molecular weight is 309 g/mol. The molecule has 0 radical (unpaired) electrons. The molecule has 0 amide bonds. The first kappa shape index (κ1) is 14.8. The number of hydrogen-bond acceptors (Lipinski definition) is 5. The van der Waals surface area contributed by atoms with Crippen LogP contribution in [0, 0.1) is 6.92 Å². The summed E-state index contributed by atoms with van der Waals surface area (Å²) in [5.74, 6) is -1.33. The van der Waals surface area contributed by atoms with Crippen molar-refractivity contribution in [2.24, 2.45) is 0 Å². The number of hydrogen-bond donors (Lipinski definition) is 0. The van der Waals surface area contributed by atoms with Crippen molar-refractivity contribution in [2.75, 3.05) is 6.61 Å². The molecule has 0 spiro atoms. The van der Waals surface area contributed by atoms with Gasteiger partial charge in [-0.25, -0.2) is 0 Å². The van der Waals surface area contributed by atoms with Gasteiger partial charge in [-0.1, -0.05) is 42.0 Å². The standard InChI is InChI=1S/C18H14O5/c1-11-6-8-12(9-7-11)17-18(22-10-15(19)20)16(21)13-4-2-3-5-14(13)23-17/h2-9H,10H2,1H3,(H,19,20)/p-1. The van der Waals surface area contributed by atoms with Gasteiger partial charge in [-0.05, 0) is 19.1 Å². The van der Waals surface area contributed by atoms with Crippen molar-refractivity contribution in [1.29, 1.82) is 0 Å². The zero-order valence-corrected chi connectivity index (χ0v) is 12.4. The summed E-state index contributed by atoms with van der Waals surface area (Å²) in [5, 5.41) is 11.0. The number of rotatable bonds is 4. The quantitative estimate of drug-likeness (QED) is 0.735. The summed E-state index contributed by atoms with van der Waals surface area (Å²) < 4.78 is 10.9. The zero-order chi connectivity index (χ0) is 16.4. The maximum Gasteiger partial charge on any atom is 0.235 e. The second-order valence-corrected chi connectivity index (χ2v) is 5.11. The normalized spacial score (nSPS) is 10.7. The van der Waals surface area contributed by atoms with Gasteiger partial charge in [-0.15, -0.1) is 0 Å². The maximum absolute atomic E-state index is 12.6. The monoisotopic (exact) mass is 309 g/mol. The number of ether oxygens (including phenoxy) is 1. The van der Waals surface area contributed by atoms with E-state index in [0.29, 0.717) is 16.5 Å². The molecule has 0 fully saturated rings. The van der Waals surface area contributed by atoms with E-state index in [9.17, 15) is 14.7 Å². The third-order valence-electron chi connectivity index (χ3n) is 3.40. The SMILES string of the molecule is Cc1ccc(-c2oc3ccccc3c(=O)c2OCC(=O)[O-])cc1. The predicted molar refractivity (Wildman–Crippen MR) is 83.2 cm³/mol. The summed E-state index contributed by atoms with van der Waals surface area (Å²) in [6, 6.07) is 14.0. The highest BCUT2D eigenvalue weighted by Crippen LogP contribution is 2.30. The average Bonchev–Trinajstić information content (AvgIpc) is 2.54. The van der Waals surface area contributed by atoms with Crippen molar-refractivity contribution in [3.63, 3.8) is 0 Å². The molecule has 0 bridgehead atoms. The Morgan fingerprint density at radius 3 is 2.52 bits per heavy atom. The topological polar surface area (TPSA) is 79.6 Å². The second kappa shape index (κ2) is 5.96. The lowest BCUT2D eigenvalue weighted by molar-refractivity contribution is -0.307. The number of fused-ring (bicyclic) bond motifs is 1. The van der Waals surface area contributed by atoms with Crippen molar-refractivity contribution in [1.82, 2.24) is 0 Å². The minimum absolute atomic E-state index is 0.128. The Hall–Kier alpha value is -3.08. The molecule has 0 unspecified atom stereocenters. The Balaban J connectivity index is 2.24. The van der Waals surface area contributed by atoms with Gasteiger partial charge in [-0.3, -0.25) is 4.79 Å². The van der Waals surface area contributed by atoms with Crippen molar-refractivity contribution in [2.45, 2.75) is 6.92 Å². The van der Waals surface area contributed by atoms with Crippen LogP contribution in [-0.4, -0.2) is 12.6 Å². The van der Waals surface area contributed by atoms with E-state index in [1.54, 1.807) is 36.4 Å². The third-order valence-corrected chi connectivity index (χ3v) is 3.40. The summed E-state index contributed by atoms with van der Waals surface area (Å²) >= 11 is 0. The summed E-state index contributed by atoms with van der Waals surface area (Å²) in [4.78, 5) is 23.3. The summed E-state index contributed by atoms with van der Waals surface area (Å²) in [5.41, 5.74) is 1.68. The molecule has 0 aliphatic carbocycles. The molecule has 5 nitrogen and oxygen atoms in total. The van der Waals surface area contributed by atoms with Crippen molar-refractivity contribution >= 4 is 16.9 Å². The lowest BCUT2D eigenvalue weighted by Crippen LogP contribution is -2.30. The van der Waals surface area contributed by atoms with Crippen molar-refractivity contribution < 1.29 is 19.1 Å². The van der Waals surface area contributed by atoms with Crippen LogP contribution in [0.1, 0.15) is 5.56 Å². The highest BCUT2D eigenvalue weighted by Gasteiger charge is 2.17. The zero-order valence-electron chi connectivity index (χ0n) is 12.4. The second-order valence-electron chi connectivity index (χ2n) is 5.11. The van der Waals surface area contributed by atoms with E-state index in [0.717, 1.165) is 5.56 Å². The summed E-state index contributed by atoms with van der Waals surface area (Å²) in [6.07, 6.45) is 0. The number of para-hydroxylation sites is 1. The Bertz CT molecular complexity index is 922. The van der Waals surface area contributed by atoms with E-state index in [2.05, 4.69) is 0 Å². The molecule has 0 aliphatic rings. The lowest BCUT2D eigenvalue weighted by atomic mass is 10.1. The highest BCUT2D eigenvalue weighted by molar-refractivity contribution is 5.82. The molecular formula is C18H13O5-. The van der Waals surface area contributed by atoms with Gasteiger partial charge in [0.05, 0.1) is 11.4 Å². The first-order chi connectivity index (χ1) is 11.1. The van der Waals surface area contributed by atoms with Crippen LogP contribution < -0.4 is 15.3 Å². The van der Waals surface area contributed by atoms with E-state index in [4.69, 9.17) is 9.15 Å². The molecule has 3 aromatic rings. The number of carbonyl (C=O) groups is 1. The molecule has 3 rings (SSSR count). The molecule has 0 N–H and O–H groups in total. The van der Waals surface area contributed by atoms with Crippen LogP contribution in [0.5, 0.6) is 5.75 Å². The largest absolute Gasteiger partial charge is 0.546 e. The Morgan fingerprint density at radius 2 is 1.83 bits per heavy atom. The molecule has 23 heavy (non-hydrogen) atoms. The molecule has 1 heterocycles. The van der Waals surface area contributed by atoms with Crippen LogP contribution in [0.3, 0.4) is 0 Å². The summed E-state index contributed by atoms with van der Waals surface area (Å²) in [7, 11) is 0. The lowest BCUT2D eigenvalue weighted by Gasteiger charge is -2.12. The number of carboxylic acid groups (broad SMARTS) is 1. The van der Waals surface area contributed by atoms with Gasteiger partial charge in [0.1, 0.15) is 12.2 Å². The Kier molecular flexibility index (Phi) is 3.85. The van der Waals surface area contributed by atoms with Crippen LogP contribution in [0.15, 0.2) is 57.7 Å². The number of benzene rings is 2. The van der Waals surface area contributed by atoms with E-state index in [1.807, 2.05) is 19.1 Å². The van der Waals surface area contributed by atoms with E-state index < -0.39 is 18.0 Å². The first-order valence-electron chi connectivity index (χ1n) is 7.02. The fourth-order valence-corrected chi connectivity index (χ4v) is 2.28. The predicted octanol–water partition coefficient (Wildman–Crippen LogP) is 1.90. The number of carboxylic acids is 1. The van der Waals surface area contributed by atoms with Gasteiger partial charge >= 0.3 is 0 Å². The molecule has 5 heteroatoms. The van der Waals surface area contributed by atoms with Gasteiger partial charge in [0.15, 0.2) is 5.76 Å².